The van der Waals surface area contributed by atoms with E-state index in [9.17, 15) is 19.3 Å². The van der Waals surface area contributed by atoms with E-state index in [1.54, 1.807) is 36.4 Å². The van der Waals surface area contributed by atoms with Crippen LogP contribution in [0, 0.1) is 15.9 Å². The third-order valence-electron chi connectivity index (χ3n) is 6.27. The third kappa shape index (κ3) is 5.15. The molecule has 0 fully saturated rings. The largest absolute Gasteiger partial charge is 0.481 e. The Labute approximate surface area is 235 Å². The standard InChI is InChI=1S/C30H18ClFN4O5/c31-21-13-20(28(25(15-21)36(38)39)40-17-18-9-11-22(32)12-10-18)16-33-35-29(27-14-19-5-1-4-8-26(19)41-27)34-24-7-3-2-6-23(24)30(35)37/h1-16H,17H2. The number of rotatable bonds is 7. The third-order valence-corrected chi connectivity index (χ3v) is 6.49. The molecule has 0 aliphatic rings. The number of nitro groups is 1. The molecule has 0 aliphatic carbocycles. The lowest BCUT2D eigenvalue weighted by Crippen LogP contribution is -2.20. The molecule has 0 unspecified atom stereocenters. The van der Waals surface area contributed by atoms with E-state index in [-0.39, 0.29) is 28.8 Å². The number of furan rings is 1. The van der Waals surface area contributed by atoms with E-state index in [2.05, 4.69) is 10.1 Å². The maximum absolute atomic E-state index is 13.6. The van der Waals surface area contributed by atoms with Crippen LogP contribution >= 0.6 is 11.6 Å². The number of benzene rings is 4. The van der Waals surface area contributed by atoms with Crippen molar-refractivity contribution < 1.29 is 18.5 Å². The summed E-state index contributed by atoms with van der Waals surface area (Å²) in [5.41, 5.74) is 0.890. The van der Waals surface area contributed by atoms with E-state index in [0.29, 0.717) is 27.8 Å². The fourth-order valence-electron chi connectivity index (χ4n) is 4.33. The van der Waals surface area contributed by atoms with Gasteiger partial charge in [0.1, 0.15) is 18.0 Å². The Kier molecular flexibility index (Phi) is 6.74. The molecule has 0 radical (unpaired) electrons. The second-order valence-electron chi connectivity index (χ2n) is 8.98. The topological polar surface area (TPSA) is 113 Å². The molecule has 0 amide bonds. The van der Waals surface area contributed by atoms with Crippen LogP contribution in [-0.2, 0) is 6.61 Å². The first kappa shape index (κ1) is 25.9. The predicted octanol–water partition coefficient (Wildman–Crippen LogP) is 6.97. The van der Waals surface area contributed by atoms with Gasteiger partial charge in [-0.1, -0.05) is 54.1 Å². The molecule has 0 saturated carbocycles. The SMILES string of the molecule is O=c1c2ccccc2nc(-c2cc3ccccc3o2)n1N=Cc1cc(Cl)cc([N+](=O)[O-])c1OCc1ccc(F)cc1. The van der Waals surface area contributed by atoms with Crippen molar-refractivity contribution in [3.63, 3.8) is 0 Å². The molecule has 6 aromatic rings. The highest BCUT2D eigenvalue weighted by atomic mass is 35.5. The van der Waals surface area contributed by atoms with Crippen molar-refractivity contribution in [1.29, 1.82) is 0 Å². The van der Waals surface area contributed by atoms with Gasteiger partial charge in [0.25, 0.3) is 5.56 Å². The lowest BCUT2D eigenvalue weighted by atomic mass is 10.1. The molecule has 0 spiro atoms. The molecular formula is C30H18ClFN4O5. The van der Waals surface area contributed by atoms with E-state index >= 15 is 0 Å². The Morgan fingerprint density at radius 3 is 2.59 bits per heavy atom. The van der Waals surface area contributed by atoms with Crippen LogP contribution in [0.3, 0.4) is 0 Å². The van der Waals surface area contributed by atoms with Gasteiger partial charge in [-0.15, -0.1) is 0 Å². The molecule has 11 heteroatoms. The molecule has 4 aromatic carbocycles. The first-order valence-corrected chi connectivity index (χ1v) is 12.7. The van der Waals surface area contributed by atoms with Crippen LogP contribution in [0.2, 0.25) is 5.02 Å². The maximum atomic E-state index is 13.6. The van der Waals surface area contributed by atoms with Crippen LogP contribution in [0.1, 0.15) is 11.1 Å². The van der Waals surface area contributed by atoms with E-state index in [1.807, 2.05) is 18.2 Å². The number of nitrogens with zero attached hydrogens (tertiary/aromatic N) is 4. The van der Waals surface area contributed by atoms with Crippen LogP contribution in [-0.4, -0.2) is 20.8 Å². The molecule has 6 rings (SSSR count). The molecule has 2 aromatic heterocycles. The van der Waals surface area contributed by atoms with Crippen LogP contribution < -0.4 is 10.3 Å². The van der Waals surface area contributed by atoms with Gasteiger partial charge in [0, 0.05) is 22.0 Å². The second-order valence-corrected chi connectivity index (χ2v) is 9.41. The first-order chi connectivity index (χ1) is 19.9. The fourth-order valence-corrected chi connectivity index (χ4v) is 4.55. The molecule has 202 valence electrons. The lowest BCUT2D eigenvalue weighted by molar-refractivity contribution is -0.385. The summed E-state index contributed by atoms with van der Waals surface area (Å²) < 4.78 is 26.2. The van der Waals surface area contributed by atoms with Gasteiger partial charge < -0.3 is 9.15 Å². The number of hydrogen-bond acceptors (Lipinski definition) is 7. The minimum absolute atomic E-state index is 0.0637. The van der Waals surface area contributed by atoms with Gasteiger partial charge in [-0.3, -0.25) is 14.9 Å². The number of aromatic nitrogens is 2. The normalized spacial score (nSPS) is 11.5. The van der Waals surface area contributed by atoms with Crippen molar-refractivity contribution in [1.82, 2.24) is 9.66 Å². The molecule has 0 aliphatic heterocycles. The van der Waals surface area contributed by atoms with Gasteiger partial charge in [-0.25, -0.2) is 9.37 Å². The van der Waals surface area contributed by atoms with Crippen LogP contribution in [0.15, 0.2) is 105 Å². The number of halogens is 2. The highest BCUT2D eigenvalue weighted by molar-refractivity contribution is 6.31. The maximum Gasteiger partial charge on any atom is 0.313 e. The summed E-state index contributed by atoms with van der Waals surface area (Å²) >= 11 is 6.20. The average Bonchev–Trinajstić information content (AvgIpc) is 3.41. The van der Waals surface area contributed by atoms with E-state index in [0.717, 1.165) is 16.1 Å². The van der Waals surface area contributed by atoms with Crippen LogP contribution in [0.5, 0.6) is 5.75 Å². The summed E-state index contributed by atoms with van der Waals surface area (Å²) in [4.78, 5) is 29.5. The Morgan fingerprint density at radius 1 is 1.05 bits per heavy atom. The summed E-state index contributed by atoms with van der Waals surface area (Å²) in [7, 11) is 0. The van der Waals surface area contributed by atoms with Crippen molar-refractivity contribution in [2.45, 2.75) is 6.61 Å². The minimum Gasteiger partial charge on any atom is -0.481 e. The van der Waals surface area contributed by atoms with Crippen LogP contribution in [0.4, 0.5) is 10.1 Å². The van der Waals surface area contributed by atoms with Gasteiger partial charge in [-0.2, -0.15) is 9.78 Å². The molecule has 0 N–H and O–H groups in total. The summed E-state index contributed by atoms with van der Waals surface area (Å²) in [6, 6.07) is 24.0. The predicted molar refractivity (Wildman–Crippen MR) is 153 cm³/mol. The van der Waals surface area contributed by atoms with Gasteiger partial charge in [0.2, 0.25) is 11.6 Å². The molecule has 41 heavy (non-hydrogen) atoms. The Bertz CT molecular complexity index is 2000. The average molecular weight is 569 g/mol. The molecule has 2 heterocycles. The smallest absolute Gasteiger partial charge is 0.313 e. The number of ether oxygens (including phenoxy) is 1. The Hall–Kier alpha value is -5.35. The summed E-state index contributed by atoms with van der Waals surface area (Å²) in [6.07, 6.45) is 1.24. The van der Waals surface area contributed by atoms with E-state index in [4.69, 9.17) is 20.8 Å². The molecular weight excluding hydrogens is 551 g/mol. The Balaban J connectivity index is 1.49. The summed E-state index contributed by atoms with van der Waals surface area (Å²) in [6.45, 7) is -0.0920. The monoisotopic (exact) mass is 568 g/mol. The van der Waals surface area contributed by atoms with Crippen molar-refractivity contribution >= 4 is 45.4 Å². The highest BCUT2D eigenvalue weighted by Crippen LogP contribution is 2.35. The Morgan fingerprint density at radius 2 is 1.80 bits per heavy atom. The van der Waals surface area contributed by atoms with E-state index in [1.165, 1.54) is 36.5 Å². The van der Waals surface area contributed by atoms with Gasteiger partial charge in [0.05, 0.1) is 22.0 Å². The molecule has 0 atom stereocenters. The van der Waals surface area contributed by atoms with Gasteiger partial charge in [0.15, 0.2) is 5.76 Å². The molecule has 0 saturated heterocycles. The molecule has 9 nitrogen and oxygen atoms in total. The van der Waals surface area contributed by atoms with Gasteiger partial charge >= 0.3 is 5.69 Å². The zero-order valence-electron chi connectivity index (χ0n) is 21.0. The quantitative estimate of drug-likeness (QED) is 0.117. The summed E-state index contributed by atoms with van der Waals surface area (Å²) in [5, 5.41) is 17.4. The first-order valence-electron chi connectivity index (χ1n) is 12.3. The number of nitro benzene ring substituents is 1. The van der Waals surface area contributed by atoms with Crippen molar-refractivity contribution in [3.05, 3.63) is 133 Å². The number of para-hydroxylation sites is 2. The lowest BCUT2D eigenvalue weighted by Gasteiger charge is -2.11. The number of hydrogen-bond donors (Lipinski definition) is 0. The number of fused-ring (bicyclic) bond motifs is 2. The fraction of sp³-hybridized carbons (Fsp3) is 0.0333. The van der Waals surface area contributed by atoms with Crippen molar-refractivity contribution in [2.24, 2.45) is 5.10 Å². The van der Waals surface area contributed by atoms with Crippen LogP contribution in [0.25, 0.3) is 33.5 Å². The minimum atomic E-state index is -0.632. The summed E-state index contributed by atoms with van der Waals surface area (Å²) in [5.74, 6) is -0.115. The zero-order valence-corrected chi connectivity index (χ0v) is 21.8. The van der Waals surface area contributed by atoms with Gasteiger partial charge in [-0.05, 0) is 48.0 Å². The highest BCUT2D eigenvalue weighted by Gasteiger charge is 2.22. The van der Waals surface area contributed by atoms with E-state index < -0.39 is 22.0 Å². The second kappa shape index (κ2) is 10.7. The zero-order chi connectivity index (χ0) is 28.5. The van der Waals surface area contributed by atoms with Crippen molar-refractivity contribution in [2.75, 3.05) is 0 Å². The molecule has 0 bridgehead atoms. The van der Waals surface area contributed by atoms with Crippen molar-refractivity contribution in [3.8, 4) is 17.3 Å².